The number of benzene rings is 2. The molecular formula is C26H30N2O4S. The van der Waals surface area contributed by atoms with Gasteiger partial charge in [-0.15, -0.1) is 0 Å². The lowest BCUT2D eigenvalue weighted by atomic mass is 9.87. The highest BCUT2D eigenvalue weighted by Gasteiger charge is 2.26. The predicted octanol–water partition coefficient (Wildman–Crippen LogP) is 4.87. The summed E-state index contributed by atoms with van der Waals surface area (Å²) >= 11 is 0. The molecule has 1 unspecified atom stereocenters. The number of rotatable bonds is 10. The van der Waals surface area contributed by atoms with Gasteiger partial charge in [0.1, 0.15) is 5.75 Å². The third kappa shape index (κ3) is 5.71. The molecule has 0 spiro atoms. The van der Waals surface area contributed by atoms with Gasteiger partial charge in [-0.1, -0.05) is 25.1 Å². The van der Waals surface area contributed by atoms with Crippen LogP contribution in [-0.2, 0) is 28.6 Å². The van der Waals surface area contributed by atoms with Gasteiger partial charge < -0.3 is 9.30 Å². The summed E-state index contributed by atoms with van der Waals surface area (Å²) in [4.78, 5) is 16.8. The first kappa shape index (κ1) is 23.2. The Morgan fingerprint density at radius 3 is 2.70 bits per heavy atom. The Hall–Kier alpha value is -2.93. The number of hydrogen-bond donors (Lipinski definition) is 0. The molecule has 1 aliphatic rings. The summed E-state index contributed by atoms with van der Waals surface area (Å²) in [5, 5.41) is 0. The molecule has 0 radical (unpaired) electrons. The number of Topliss-reactive ketones (excluding diaryl/α,β-unsaturated/α-hetero) is 1. The van der Waals surface area contributed by atoms with Gasteiger partial charge in [0.05, 0.1) is 23.6 Å². The van der Waals surface area contributed by atoms with Crippen molar-refractivity contribution in [3.05, 3.63) is 77.9 Å². The van der Waals surface area contributed by atoms with Gasteiger partial charge in [0.2, 0.25) is 0 Å². The molecule has 0 bridgehead atoms. The van der Waals surface area contributed by atoms with E-state index in [-0.39, 0.29) is 16.4 Å². The Morgan fingerprint density at radius 1 is 1.12 bits per heavy atom. The molecule has 0 saturated carbocycles. The molecule has 0 fully saturated rings. The van der Waals surface area contributed by atoms with E-state index in [1.165, 1.54) is 0 Å². The Bertz CT molecular complexity index is 1190. The predicted molar refractivity (Wildman–Crippen MR) is 127 cm³/mol. The van der Waals surface area contributed by atoms with Gasteiger partial charge in [-0.05, 0) is 61.4 Å². The van der Waals surface area contributed by atoms with E-state index >= 15 is 0 Å². The molecule has 1 heterocycles. The van der Waals surface area contributed by atoms with Crippen LogP contribution >= 0.6 is 0 Å². The van der Waals surface area contributed by atoms with Gasteiger partial charge in [0.25, 0.3) is 0 Å². The number of sulfone groups is 1. The van der Waals surface area contributed by atoms with E-state index in [1.54, 1.807) is 48.7 Å². The van der Waals surface area contributed by atoms with Crippen LogP contribution in [0.2, 0.25) is 0 Å². The van der Waals surface area contributed by atoms with Crippen molar-refractivity contribution in [2.45, 2.75) is 56.2 Å². The minimum atomic E-state index is -3.56. The lowest BCUT2D eigenvalue weighted by Gasteiger charge is -2.22. The van der Waals surface area contributed by atoms with Crippen LogP contribution in [0.1, 0.15) is 54.1 Å². The molecule has 2 aromatic carbocycles. The number of fused-ring (bicyclic) bond motifs is 1. The SMILES string of the molecule is CC(CCCOc1ccc2c(c1CS(=O)(=O)c1ccccc1)CCCC2=O)Cn1ccnc1. The van der Waals surface area contributed by atoms with Gasteiger partial charge in [-0.3, -0.25) is 4.79 Å². The maximum absolute atomic E-state index is 13.1. The average Bonchev–Trinajstić information content (AvgIpc) is 3.31. The first-order valence-corrected chi connectivity index (χ1v) is 13.1. The molecule has 33 heavy (non-hydrogen) atoms. The summed E-state index contributed by atoms with van der Waals surface area (Å²) in [6.45, 7) is 3.60. The van der Waals surface area contributed by atoms with Crippen molar-refractivity contribution in [1.82, 2.24) is 9.55 Å². The number of ketones is 1. The number of ether oxygens (including phenoxy) is 1. The van der Waals surface area contributed by atoms with Gasteiger partial charge in [-0.2, -0.15) is 0 Å². The molecule has 174 valence electrons. The zero-order chi connectivity index (χ0) is 23.3. The second-order valence-electron chi connectivity index (χ2n) is 8.77. The monoisotopic (exact) mass is 466 g/mol. The fourth-order valence-corrected chi connectivity index (χ4v) is 5.87. The quantitative estimate of drug-likeness (QED) is 0.398. The fourth-order valence-electron chi connectivity index (χ4n) is 4.43. The molecule has 0 saturated heterocycles. The standard InChI is InChI=1S/C26H30N2O4S/c1-20(17-28-15-14-27-19-28)7-6-16-32-26-13-12-23-22(10-5-11-25(23)29)24(26)18-33(30,31)21-8-3-2-4-9-21/h2-4,8-9,12-15,19-20H,5-7,10-11,16-18H2,1H3. The zero-order valence-electron chi connectivity index (χ0n) is 18.9. The Morgan fingerprint density at radius 2 is 1.94 bits per heavy atom. The Labute approximate surface area is 195 Å². The van der Waals surface area contributed by atoms with E-state index in [0.717, 1.165) is 31.4 Å². The average molecular weight is 467 g/mol. The molecule has 0 amide bonds. The smallest absolute Gasteiger partial charge is 0.182 e. The van der Waals surface area contributed by atoms with Gasteiger partial charge in [0.15, 0.2) is 15.6 Å². The first-order valence-electron chi connectivity index (χ1n) is 11.5. The van der Waals surface area contributed by atoms with Crippen LogP contribution in [-0.4, -0.2) is 30.4 Å². The maximum atomic E-state index is 13.1. The van der Waals surface area contributed by atoms with Crippen molar-refractivity contribution < 1.29 is 17.9 Å². The van der Waals surface area contributed by atoms with E-state index in [0.29, 0.717) is 42.2 Å². The minimum Gasteiger partial charge on any atom is -0.493 e. The fraction of sp³-hybridized carbons (Fsp3) is 0.385. The van der Waals surface area contributed by atoms with Crippen LogP contribution in [0.15, 0.2) is 66.1 Å². The molecule has 6 nitrogen and oxygen atoms in total. The summed E-state index contributed by atoms with van der Waals surface area (Å²) in [6, 6.07) is 12.0. The van der Waals surface area contributed by atoms with Crippen LogP contribution in [0, 0.1) is 5.92 Å². The van der Waals surface area contributed by atoms with Crippen LogP contribution < -0.4 is 4.74 Å². The zero-order valence-corrected chi connectivity index (χ0v) is 19.8. The van der Waals surface area contributed by atoms with Gasteiger partial charge >= 0.3 is 0 Å². The lowest BCUT2D eigenvalue weighted by Crippen LogP contribution is -2.17. The molecular weight excluding hydrogens is 436 g/mol. The van der Waals surface area contributed by atoms with Crippen LogP contribution in [0.3, 0.4) is 0 Å². The van der Waals surface area contributed by atoms with E-state index in [1.807, 2.05) is 12.5 Å². The van der Waals surface area contributed by atoms with E-state index in [2.05, 4.69) is 16.5 Å². The van der Waals surface area contributed by atoms with Crippen molar-refractivity contribution in [3.8, 4) is 5.75 Å². The normalized spacial score (nSPS) is 14.6. The number of aromatic nitrogens is 2. The van der Waals surface area contributed by atoms with Crippen LogP contribution in [0.25, 0.3) is 0 Å². The third-order valence-corrected chi connectivity index (χ3v) is 7.80. The molecule has 1 aliphatic carbocycles. The largest absolute Gasteiger partial charge is 0.493 e. The number of carbonyl (C=O) groups is 1. The van der Waals surface area contributed by atoms with Crippen molar-refractivity contribution in [2.75, 3.05) is 6.61 Å². The summed E-state index contributed by atoms with van der Waals surface area (Å²) in [7, 11) is -3.56. The topological polar surface area (TPSA) is 78.3 Å². The molecule has 1 aromatic heterocycles. The summed E-state index contributed by atoms with van der Waals surface area (Å²) < 4.78 is 34.5. The van der Waals surface area contributed by atoms with E-state index in [9.17, 15) is 13.2 Å². The van der Waals surface area contributed by atoms with Crippen LogP contribution in [0.5, 0.6) is 5.75 Å². The highest BCUT2D eigenvalue weighted by Crippen LogP contribution is 2.34. The summed E-state index contributed by atoms with van der Waals surface area (Å²) in [6.07, 6.45) is 9.34. The van der Waals surface area contributed by atoms with Crippen molar-refractivity contribution in [3.63, 3.8) is 0 Å². The maximum Gasteiger partial charge on any atom is 0.182 e. The number of imidazole rings is 1. The van der Waals surface area contributed by atoms with Gasteiger partial charge in [-0.25, -0.2) is 13.4 Å². The second kappa shape index (κ2) is 10.3. The second-order valence-corrected chi connectivity index (χ2v) is 10.8. The summed E-state index contributed by atoms with van der Waals surface area (Å²) in [5.41, 5.74) is 2.11. The number of carbonyl (C=O) groups excluding carboxylic acids is 1. The Kier molecular flexibility index (Phi) is 7.28. The van der Waals surface area contributed by atoms with E-state index < -0.39 is 9.84 Å². The molecule has 0 aliphatic heterocycles. The molecule has 3 aromatic rings. The highest BCUT2D eigenvalue weighted by atomic mass is 32.2. The van der Waals surface area contributed by atoms with Crippen molar-refractivity contribution in [1.29, 1.82) is 0 Å². The molecule has 7 heteroatoms. The van der Waals surface area contributed by atoms with Crippen LogP contribution in [0.4, 0.5) is 0 Å². The van der Waals surface area contributed by atoms with Gasteiger partial charge in [0, 0.05) is 36.5 Å². The lowest BCUT2D eigenvalue weighted by molar-refractivity contribution is 0.0972. The number of nitrogens with zero attached hydrogens (tertiary/aromatic N) is 2. The highest BCUT2D eigenvalue weighted by molar-refractivity contribution is 7.90. The first-order chi connectivity index (χ1) is 15.9. The molecule has 0 N–H and O–H groups in total. The van der Waals surface area contributed by atoms with Crippen molar-refractivity contribution >= 4 is 15.6 Å². The minimum absolute atomic E-state index is 0.0782. The Balaban J connectivity index is 1.49. The summed E-state index contributed by atoms with van der Waals surface area (Å²) in [5.74, 6) is 0.960. The molecule has 4 rings (SSSR count). The van der Waals surface area contributed by atoms with Crippen molar-refractivity contribution in [2.24, 2.45) is 5.92 Å². The molecule has 1 atom stereocenters. The number of hydrogen-bond acceptors (Lipinski definition) is 5. The third-order valence-electron chi connectivity index (χ3n) is 6.14. The van der Waals surface area contributed by atoms with E-state index in [4.69, 9.17) is 4.74 Å².